The summed E-state index contributed by atoms with van der Waals surface area (Å²) in [6, 6.07) is 7.92. The Bertz CT molecular complexity index is 453. The summed E-state index contributed by atoms with van der Waals surface area (Å²) in [7, 11) is 0. The minimum absolute atomic E-state index is 0.239. The monoisotopic (exact) mass is 309 g/mol. The Morgan fingerprint density at radius 2 is 1.95 bits per heavy atom. The number of benzene rings is 1. The van der Waals surface area contributed by atoms with Gasteiger partial charge in [-0.15, -0.1) is 11.8 Å². The van der Waals surface area contributed by atoms with Gasteiger partial charge in [-0.1, -0.05) is 11.6 Å². The maximum absolute atomic E-state index is 11.1. The Morgan fingerprint density at radius 1 is 1.24 bits per heavy atom. The molecule has 1 rings (SSSR count). The molecule has 0 fully saturated rings. The second-order valence-electron chi connectivity index (χ2n) is 4.58. The number of hydrogen-bond donors (Lipinski definition) is 1. The molecule has 1 N–H and O–H groups in total. The van der Waals surface area contributed by atoms with Crippen LogP contribution in [-0.4, -0.2) is 31.6 Å². The van der Waals surface area contributed by atoms with Gasteiger partial charge in [0.2, 0.25) is 0 Å². The lowest BCUT2D eigenvalue weighted by Crippen LogP contribution is -2.25. The van der Waals surface area contributed by atoms with Gasteiger partial charge < -0.3 is 14.8 Å². The molecule has 0 aliphatic heterocycles. The molecule has 0 heterocycles. The minimum atomic E-state index is -0.410. The highest BCUT2D eigenvalue weighted by Crippen LogP contribution is 2.21. The van der Waals surface area contributed by atoms with E-state index in [1.807, 2.05) is 31.2 Å². The zero-order valence-electron chi connectivity index (χ0n) is 12.8. The summed E-state index contributed by atoms with van der Waals surface area (Å²) in [4.78, 5) is 12.3. The number of amides is 1. The van der Waals surface area contributed by atoms with Crippen LogP contribution in [0.25, 0.3) is 0 Å². The van der Waals surface area contributed by atoms with E-state index in [0.717, 1.165) is 11.5 Å². The van der Waals surface area contributed by atoms with Crippen LogP contribution in [0.3, 0.4) is 0 Å². The van der Waals surface area contributed by atoms with E-state index in [2.05, 4.69) is 25.2 Å². The summed E-state index contributed by atoms with van der Waals surface area (Å²) in [5.74, 6) is 1.75. The molecular weight excluding hydrogens is 286 g/mol. The second-order valence-corrected chi connectivity index (χ2v) is 5.67. The molecule has 0 bridgehead atoms. The third-order valence-corrected chi connectivity index (χ3v) is 3.41. The minimum Gasteiger partial charge on any atom is -0.490 e. The van der Waals surface area contributed by atoms with Gasteiger partial charge in [0, 0.05) is 17.2 Å². The predicted octanol–water partition coefficient (Wildman–Crippen LogP) is 3.87. The van der Waals surface area contributed by atoms with Crippen LogP contribution in [0.15, 0.2) is 40.8 Å². The van der Waals surface area contributed by atoms with Crippen LogP contribution in [-0.2, 0) is 4.74 Å². The molecular formula is C16H23NO3S. The van der Waals surface area contributed by atoms with Crippen LogP contribution in [0, 0.1) is 0 Å². The Hall–Kier alpha value is -1.62. The van der Waals surface area contributed by atoms with Crippen molar-refractivity contribution in [3.63, 3.8) is 0 Å². The van der Waals surface area contributed by atoms with Crippen molar-refractivity contribution in [1.29, 1.82) is 0 Å². The summed E-state index contributed by atoms with van der Waals surface area (Å²) < 4.78 is 10.4. The van der Waals surface area contributed by atoms with E-state index in [0.29, 0.717) is 13.2 Å². The summed E-state index contributed by atoms with van der Waals surface area (Å²) in [5, 5.41) is 2.55. The van der Waals surface area contributed by atoms with E-state index in [9.17, 15) is 4.79 Å². The average Bonchev–Trinajstić information content (AvgIpc) is 2.45. The fourth-order valence-corrected chi connectivity index (χ4v) is 2.36. The fraction of sp³-hybridized carbons (Fsp3) is 0.438. The topological polar surface area (TPSA) is 47.6 Å². The van der Waals surface area contributed by atoms with Crippen molar-refractivity contribution < 1.29 is 14.3 Å². The van der Waals surface area contributed by atoms with Gasteiger partial charge in [-0.25, -0.2) is 4.79 Å². The molecule has 0 saturated heterocycles. The highest BCUT2D eigenvalue weighted by molar-refractivity contribution is 7.99. The lowest BCUT2D eigenvalue weighted by atomic mass is 10.3. The first-order valence-corrected chi connectivity index (χ1v) is 8.00. The van der Waals surface area contributed by atoms with Crippen LogP contribution >= 0.6 is 11.8 Å². The lowest BCUT2D eigenvalue weighted by molar-refractivity contribution is 0.125. The molecule has 116 valence electrons. The maximum Gasteiger partial charge on any atom is 0.407 e. The van der Waals surface area contributed by atoms with Gasteiger partial charge in [0.1, 0.15) is 19.0 Å². The molecule has 21 heavy (non-hydrogen) atoms. The van der Waals surface area contributed by atoms with Crippen LogP contribution in [0.1, 0.15) is 20.8 Å². The Morgan fingerprint density at radius 3 is 2.57 bits per heavy atom. The number of ether oxygens (including phenoxy) is 2. The van der Waals surface area contributed by atoms with E-state index in [-0.39, 0.29) is 6.61 Å². The first kappa shape index (κ1) is 17.4. The van der Waals surface area contributed by atoms with Crippen molar-refractivity contribution in [2.24, 2.45) is 0 Å². The molecule has 0 aliphatic rings. The number of carbonyl (C=O) groups excluding carboxylic acids is 1. The fourth-order valence-electron chi connectivity index (χ4n) is 1.43. The predicted molar refractivity (Wildman–Crippen MR) is 87.1 cm³/mol. The van der Waals surface area contributed by atoms with Crippen LogP contribution < -0.4 is 10.1 Å². The summed E-state index contributed by atoms with van der Waals surface area (Å²) >= 11 is 1.79. The van der Waals surface area contributed by atoms with Crippen molar-refractivity contribution in [2.75, 3.05) is 25.5 Å². The molecule has 4 nitrogen and oxygen atoms in total. The van der Waals surface area contributed by atoms with E-state index < -0.39 is 6.09 Å². The molecule has 0 atom stereocenters. The maximum atomic E-state index is 11.1. The van der Waals surface area contributed by atoms with Crippen molar-refractivity contribution >= 4 is 17.9 Å². The van der Waals surface area contributed by atoms with Crippen LogP contribution in [0.5, 0.6) is 5.75 Å². The number of carbonyl (C=O) groups is 1. The first-order valence-electron chi connectivity index (χ1n) is 7.01. The Balaban J connectivity index is 2.25. The molecule has 5 heteroatoms. The molecule has 0 unspecified atom stereocenters. The number of allylic oxidation sites excluding steroid dienone is 1. The van der Waals surface area contributed by atoms with E-state index in [1.165, 1.54) is 10.5 Å². The summed E-state index contributed by atoms with van der Waals surface area (Å²) in [6.07, 6.45) is 1.79. The Labute approximate surface area is 130 Å². The molecule has 1 aromatic carbocycles. The van der Waals surface area contributed by atoms with Crippen molar-refractivity contribution in [2.45, 2.75) is 25.7 Å². The van der Waals surface area contributed by atoms with Gasteiger partial charge in [-0.2, -0.15) is 0 Å². The number of thioether (sulfide) groups is 1. The summed E-state index contributed by atoms with van der Waals surface area (Å²) in [5.41, 5.74) is 1.33. The highest BCUT2D eigenvalue weighted by atomic mass is 32.2. The van der Waals surface area contributed by atoms with Gasteiger partial charge in [0.25, 0.3) is 0 Å². The molecule has 0 saturated carbocycles. The third-order valence-electron chi connectivity index (χ3n) is 2.47. The molecule has 0 spiro atoms. The van der Waals surface area contributed by atoms with E-state index >= 15 is 0 Å². The second kappa shape index (κ2) is 10.2. The summed E-state index contributed by atoms with van der Waals surface area (Å²) in [6.45, 7) is 7.19. The quantitative estimate of drug-likeness (QED) is 0.450. The van der Waals surface area contributed by atoms with Gasteiger partial charge in [-0.05, 0) is 45.0 Å². The highest BCUT2D eigenvalue weighted by Gasteiger charge is 2.00. The van der Waals surface area contributed by atoms with Crippen molar-refractivity contribution in [1.82, 2.24) is 5.32 Å². The first-order chi connectivity index (χ1) is 10.1. The molecule has 0 aliphatic carbocycles. The largest absolute Gasteiger partial charge is 0.490 e. The normalized spacial score (nSPS) is 9.86. The van der Waals surface area contributed by atoms with Gasteiger partial charge in [-0.3, -0.25) is 0 Å². The molecule has 1 aromatic rings. The lowest BCUT2D eigenvalue weighted by Gasteiger charge is -2.08. The number of rotatable bonds is 8. The third kappa shape index (κ3) is 8.30. The average molecular weight is 309 g/mol. The smallest absolute Gasteiger partial charge is 0.407 e. The molecule has 1 amide bonds. The number of alkyl carbamates (subject to hydrolysis) is 1. The van der Waals surface area contributed by atoms with Crippen LogP contribution in [0.2, 0.25) is 0 Å². The molecule has 0 radical (unpaired) electrons. The zero-order valence-corrected chi connectivity index (χ0v) is 13.7. The van der Waals surface area contributed by atoms with Gasteiger partial charge in [0.05, 0.1) is 0 Å². The van der Waals surface area contributed by atoms with Crippen LogP contribution in [0.4, 0.5) is 4.79 Å². The van der Waals surface area contributed by atoms with E-state index in [1.54, 1.807) is 11.8 Å². The zero-order chi connectivity index (χ0) is 15.5. The number of nitrogens with one attached hydrogen (secondary N) is 1. The van der Waals surface area contributed by atoms with Gasteiger partial charge in [0.15, 0.2) is 0 Å². The van der Waals surface area contributed by atoms with Gasteiger partial charge >= 0.3 is 6.09 Å². The SMILES string of the molecule is CCNC(=O)OCCOc1ccc(SCC=C(C)C)cc1. The standard InChI is InChI=1S/C16H23NO3S/c1-4-17-16(18)20-11-10-19-14-5-7-15(8-6-14)21-12-9-13(2)3/h5-9H,4,10-12H2,1-3H3,(H,17,18). The molecule has 0 aromatic heterocycles. The van der Waals surface area contributed by atoms with Crippen molar-refractivity contribution in [3.05, 3.63) is 35.9 Å². The Kier molecular flexibility index (Phi) is 8.43. The van der Waals surface area contributed by atoms with E-state index in [4.69, 9.17) is 9.47 Å². The number of hydrogen-bond acceptors (Lipinski definition) is 4. The van der Waals surface area contributed by atoms with Crippen molar-refractivity contribution in [3.8, 4) is 5.75 Å².